The van der Waals surface area contributed by atoms with Gasteiger partial charge in [0.2, 0.25) is 11.8 Å². The number of anilines is 2. The van der Waals surface area contributed by atoms with Gasteiger partial charge in [-0.25, -0.2) is 0 Å². The minimum atomic E-state index is -4.50. The van der Waals surface area contributed by atoms with Gasteiger partial charge in [-0.3, -0.25) is 24.2 Å². The van der Waals surface area contributed by atoms with E-state index in [1.807, 2.05) is 57.2 Å². The zero-order valence-electron chi connectivity index (χ0n) is 39.7. The van der Waals surface area contributed by atoms with Crippen molar-refractivity contribution in [2.45, 2.75) is 72.0 Å². The number of aryl methyl sites for hydroxylation is 1. The Bertz CT molecular complexity index is 2190. The van der Waals surface area contributed by atoms with Crippen LogP contribution in [0.3, 0.4) is 0 Å². The van der Waals surface area contributed by atoms with Crippen molar-refractivity contribution < 1.29 is 51.3 Å². The van der Waals surface area contributed by atoms with Crippen LogP contribution in [0.1, 0.15) is 90.3 Å². The van der Waals surface area contributed by atoms with Gasteiger partial charge < -0.3 is 45.1 Å². The molecule has 3 aromatic carbocycles. The van der Waals surface area contributed by atoms with E-state index in [1.54, 1.807) is 19.2 Å². The highest BCUT2D eigenvalue weighted by Crippen LogP contribution is 2.33. The van der Waals surface area contributed by atoms with E-state index < -0.39 is 17.6 Å². The van der Waals surface area contributed by atoms with Gasteiger partial charge in [0.15, 0.2) is 0 Å². The number of halogens is 3. The van der Waals surface area contributed by atoms with Crippen LogP contribution >= 0.6 is 0 Å². The van der Waals surface area contributed by atoms with Crippen LogP contribution in [-0.4, -0.2) is 108 Å². The molecule has 0 bridgehead atoms. The van der Waals surface area contributed by atoms with E-state index in [-0.39, 0.29) is 42.2 Å². The van der Waals surface area contributed by atoms with E-state index in [1.165, 1.54) is 24.4 Å². The topological polar surface area (TPSA) is 169 Å². The first-order chi connectivity index (χ1) is 32.9. The molecule has 0 saturated heterocycles. The Hall–Kier alpha value is -5.88. The highest BCUT2D eigenvalue weighted by molar-refractivity contribution is 6.06. The number of ether oxygens (including phenoxy) is 4. The van der Waals surface area contributed by atoms with E-state index in [0.717, 1.165) is 62.2 Å². The van der Waals surface area contributed by atoms with Gasteiger partial charge in [0, 0.05) is 80.7 Å². The molecule has 68 heavy (non-hydrogen) atoms. The predicted octanol–water partition coefficient (Wildman–Crippen LogP) is 7.85. The van der Waals surface area contributed by atoms with Crippen molar-refractivity contribution >= 4 is 35.0 Å². The molecule has 0 radical (unpaired) electrons. The molecule has 1 heterocycles. The zero-order chi connectivity index (χ0) is 49.2. The Kier molecular flexibility index (Phi) is 24.0. The number of hydrogen-bond acceptors (Lipinski definition) is 10. The second-order valence-corrected chi connectivity index (χ2v) is 15.9. The average Bonchev–Trinajstić information content (AvgIpc) is 3.34. The Labute approximate surface area is 398 Å². The SMILES string of the molecule is CCC(CCCNC(=O)CCOCCOCCOCCOCCCc1cccc(C(=O)Nc2ccc(N(CC)CC)cc2-c2cc(C(=O)NCc3cccc(C(F)(F)F)c3)ccn2)c1)C(=O)NC. The maximum absolute atomic E-state index is 13.7. The van der Waals surface area contributed by atoms with E-state index >= 15 is 0 Å². The Balaban J connectivity index is 1.16. The summed E-state index contributed by atoms with van der Waals surface area (Å²) in [6.45, 7) is 11.2. The van der Waals surface area contributed by atoms with Crippen LogP contribution in [0.5, 0.6) is 0 Å². The zero-order valence-corrected chi connectivity index (χ0v) is 39.7. The molecule has 1 unspecified atom stereocenters. The molecular weight excluding hydrogens is 882 g/mol. The lowest BCUT2D eigenvalue weighted by Crippen LogP contribution is -2.29. The van der Waals surface area contributed by atoms with Gasteiger partial charge in [-0.15, -0.1) is 0 Å². The largest absolute Gasteiger partial charge is 0.416 e. The molecule has 1 atom stereocenters. The molecule has 0 fully saturated rings. The molecule has 0 aliphatic carbocycles. The number of rotatable bonds is 31. The predicted molar refractivity (Wildman–Crippen MR) is 257 cm³/mol. The van der Waals surface area contributed by atoms with E-state index in [0.29, 0.717) is 93.9 Å². The lowest BCUT2D eigenvalue weighted by molar-refractivity contribution is -0.137. The van der Waals surface area contributed by atoms with Gasteiger partial charge in [-0.1, -0.05) is 31.2 Å². The van der Waals surface area contributed by atoms with Crippen molar-refractivity contribution in [2.75, 3.05) is 89.8 Å². The Morgan fingerprint density at radius 2 is 1.37 bits per heavy atom. The standard InChI is InChI=1S/C51H67F3N6O8/c1-5-39(48(62)55-4)16-10-22-57-47(61)21-25-66-27-29-68-31-30-67-28-26-65-24-11-14-37-12-8-15-40(32-37)50(64)59-45-19-18-43(60(6-2)7-3)35-44(45)46-34-41(20-23-56-46)49(63)58-36-38-13-9-17-42(33-38)51(52,53)54/h8-9,12-13,15,17-20,23,32-35,39H,5-7,10-11,14,16,21-22,24-31,36H2,1-4H3,(H,55,62)(H,57,61)(H,58,63)(H,59,64). The molecule has 370 valence electrons. The number of hydrogen-bond donors (Lipinski definition) is 4. The molecule has 1 aromatic heterocycles. The molecule has 0 aliphatic rings. The third-order valence-corrected chi connectivity index (χ3v) is 11.1. The summed E-state index contributed by atoms with van der Waals surface area (Å²) in [7, 11) is 1.63. The van der Waals surface area contributed by atoms with Crippen LogP contribution in [0.15, 0.2) is 85.1 Å². The molecule has 17 heteroatoms. The fraction of sp³-hybridized carbons (Fsp3) is 0.471. The van der Waals surface area contributed by atoms with Crippen LogP contribution in [0.25, 0.3) is 11.3 Å². The first-order valence-electron chi connectivity index (χ1n) is 23.4. The number of nitrogens with zero attached hydrogens (tertiary/aromatic N) is 2. The highest BCUT2D eigenvalue weighted by atomic mass is 19.4. The number of carbonyl (C=O) groups is 4. The number of benzene rings is 3. The van der Waals surface area contributed by atoms with Gasteiger partial charge in [0.05, 0.1) is 63.2 Å². The maximum atomic E-state index is 13.7. The van der Waals surface area contributed by atoms with E-state index in [9.17, 15) is 32.3 Å². The molecule has 14 nitrogen and oxygen atoms in total. The lowest BCUT2D eigenvalue weighted by atomic mass is 9.99. The second kappa shape index (κ2) is 29.8. The van der Waals surface area contributed by atoms with Gasteiger partial charge in [0.25, 0.3) is 11.8 Å². The maximum Gasteiger partial charge on any atom is 0.416 e. The highest BCUT2D eigenvalue weighted by Gasteiger charge is 2.30. The summed E-state index contributed by atoms with van der Waals surface area (Å²) >= 11 is 0. The fourth-order valence-corrected chi connectivity index (χ4v) is 7.26. The lowest BCUT2D eigenvalue weighted by Gasteiger charge is -2.23. The quantitative estimate of drug-likeness (QED) is 0.0365. The summed E-state index contributed by atoms with van der Waals surface area (Å²) in [5, 5.41) is 11.3. The van der Waals surface area contributed by atoms with Gasteiger partial charge >= 0.3 is 6.18 Å². The van der Waals surface area contributed by atoms with Crippen molar-refractivity contribution in [1.82, 2.24) is 20.9 Å². The summed E-state index contributed by atoms with van der Waals surface area (Å²) in [5.74, 6) is -0.886. The number of pyridine rings is 1. The van der Waals surface area contributed by atoms with Gasteiger partial charge in [0.1, 0.15) is 0 Å². The van der Waals surface area contributed by atoms with Crippen LogP contribution in [-0.2, 0) is 47.7 Å². The number of alkyl halides is 3. The van der Waals surface area contributed by atoms with E-state index in [4.69, 9.17) is 18.9 Å². The number of carbonyl (C=O) groups excluding carboxylic acids is 4. The minimum absolute atomic E-state index is 0.0299. The molecule has 0 aliphatic heterocycles. The Morgan fingerprint density at radius 1 is 0.706 bits per heavy atom. The van der Waals surface area contributed by atoms with Crippen LogP contribution < -0.4 is 26.2 Å². The third kappa shape index (κ3) is 19.0. The first-order valence-corrected chi connectivity index (χ1v) is 23.4. The summed E-state index contributed by atoms with van der Waals surface area (Å²) in [6, 6.07) is 21.0. The first kappa shape index (κ1) is 54.7. The Morgan fingerprint density at radius 3 is 2.04 bits per heavy atom. The van der Waals surface area contributed by atoms with E-state index in [2.05, 4.69) is 31.2 Å². The summed E-state index contributed by atoms with van der Waals surface area (Å²) in [5.41, 5.74) is 3.63. The fourth-order valence-electron chi connectivity index (χ4n) is 7.26. The van der Waals surface area contributed by atoms with Crippen molar-refractivity contribution in [3.63, 3.8) is 0 Å². The molecule has 0 saturated carbocycles. The van der Waals surface area contributed by atoms with Crippen LogP contribution in [0.4, 0.5) is 24.5 Å². The van der Waals surface area contributed by atoms with Crippen LogP contribution in [0, 0.1) is 5.92 Å². The number of aromatic nitrogens is 1. The molecule has 0 spiro atoms. The summed E-state index contributed by atoms with van der Waals surface area (Å²) in [4.78, 5) is 57.4. The second-order valence-electron chi connectivity index (χ2n) is 15.9. The minimum Gasteiger partial charge on any atom is -0.379 e. The smallest absolute Gasteiger partial charge is 0.379 e. The number of amides is 4. The molecule has 4 aromatic rings. The summed E-state index contributed by atoms with van der Waals surface area (Å²) in [6.07, 6.45) is 0.930. The van der Waals surface area contributed by atoms with Gasteiger partial charge in [-0.2, -0.15) is 13.2 Å². The monoisotopic (exact) mass is 948 g/mol. The average molecular weight is 949 g/mol. The normalized spacial score (nSPS) is 11.8. The molecule has 4 rings (SSSR count). The summed E-state index contributed by atoms with van der Waals surface area (Å²) < 4.78 is 62.1. The van der Waals surface area contributed by atoms with Crippen molar-refractivity contribution in [2.24, 2.45) is 5.92 Å². The van der Waals surface area contributed by atoms with Crippen molar-refractivity contribution in [3.05, 3.63) is 113 Å². The van der Waals surface area contributed by atoms with Crippen molar-refractivity contribution in [1.29, 1.82) is 0 Å². The molecule has 4 amide bonds. The van der Waals surface area contributed by atoms with Crippen LogP contribution in [0.2, 0.25) is 0 Å². The third-order valence-electron chi connectivity index (χ3n) is 11.1. The van der Waals surface area contributed by atoms with Gasteiger partial charge in [-0.05, 0) is 112 Å². The number of nitrogens with one attached hydrogen (secondary N) is 4. The molecular formula is C51H67F3N6O8. The molecule has 4 N–H and O–H groups in total. The van der Waals surface area contributed by atoms with Crippen molar-refractivity contribution in [3.8, 4) is 11.3 Å².